The van der Waals surface area contributed by atoms with Crippen LogP contribution in [0.4, 0.5) is 5.69 Å². The summed E-state index contributed by atoms with van der Waals surface area (Å²) in [4.78, 5) is 0. The molecule has 0 fully saturated rings. The van der Waals surface area contributed by atoms with Crippen LogP contribution in [0.25, 0.3) is 0 Å². The fraction of sp³-hybridized carbons (Fsp3) is 0.500. The van der Waals surface area contributed by atoms with Crippen molar-refractivity contribution in [3.8, 4) is 0 Å². The first kappa shape index (κ1) is 14.8. The van der Waals surface area contributed by atoms with Crippen LogP contribution in [0.15, 0.2) is 22.7 Å². The maximum absolute atomic E-state index is 6.00. The molecule has 0 atom stereocenters. The zero-order valence-electron chi connectivity index (χ0n) is 10.0. The molecule has 17 heavy (non-hydrogen) atoms. The quantitative estimate of drug-likeness (QED) is 0.772. The monoisotopic (exact) mass is 321 g/mol. The number of rotatable bonds is 7. The molecule has 1 rings (SSSR count). The third-order valence-corrected chi connectivity index (χ3v) is 3.51. The predicted octanol–water partition coefficient (Wildman–Crippen LogP) is 3.91. The van der Waals surface area contributed by atoms with Crippen molar-refractivity contribution in [2.24, 2.45) is 0 Å². The van der Waals surface area contributed by atoms with Crippen LogP contribution in [0.1, 0.15) is 13.8 Å². The van der Waals surface area contributed by atoms with Gasteiger partial charge in [0.25, 0.3) is 0 Å². The number of ether oxygens (including phenoxy) is 2. The molecule has 0 amide bonds. The molecule has 1 aromatic carbocycles. The molecule has 96 valence electrons. The van der Waals surface area contributed by atoms with Crippen molar-refractivity contribution in [1.29, 1.82) is 0 Å². The maximum atomic E-state index is 6.00. The molecule has 3 nitrogen and oxygen atoms in total. The second-order valence-corrected chi connectivity index (χ2v) is 4.52. The fourth-order valence-electron chi connectivity index (χ4n) is 1.37. The minimum atomic E-state index is -0.240. The normalized spacial score (nSPS) is 10.9. The van der Waals surface area contributed by atoms with Gasteiger partial charge in [-0.15, -0.1) is 0 Å². The van der Waals surface area contributed by atoms with Crippen LogP contribution in [0.2, 0.25) is 5.02 Å². The lowest BCUT2D eigenvalue weighted by Gasteiger charge is -2.18. The van der Waals surface area contributed by atoms with Gasteiger partial charge in [-0.05, 0) is 41.9 Å². The smallest absolute Gasteiger partial charge is 0.174 e. The van der Waals surface area contributed by atoms with Crippen molar-refractivity contribution < 1.29 is 9.47 Å². The van der Waals surface area contributed by atoms with E-state index in [-0.39, 0.29) is 6.29 Å². The minimum absolute atomic E-state index is 0.240. The Morgan fingerprint density at radius 3 is 2.53 bits per heavy atom. The van der Waals surface area contributed by atoms with E-state index in [2.05, 4.69) is 21.2 Å². The summed E-state index contributed by atoms with van der Waals surface area (Å²) in [5, 5.41) is 3.92. The zero-order chi connectivity index (χ0) is 12.7. The molecule has 0 saturated carbocycles. The predicted molar refractivity (Wildman–Crippen MR) is 74.7 cm³/mol. The van der Waals surface area contributed by atoms with Gasteiger partial charge in [0.2, 0.25) is 0 Å². The lowest BCUT2D eigenvalue weighted by molar-refractivity contribution is -0.126. The highest BCUT2D eigenvalue weighted by Crippen LogP contribution is 2.29. The molecule has 0 aliphatic carbocycles. The Morgan fingerprint density at radius 1 is 1.29 bits per heavy atom. The highest BCUT2D eigenvalue weighted by molar-refractivity contribution is 9.10. The van der Waals surface area contributed by atoms with Crippen molar-refractivity contribution in [3.05, 3.63) is 27.7 Å². The second-order valence-electron chi connectivity index (χ2n) is 3.32. The molecule has 0 bridgehead atoms. The van der Waals surface area contributed by atoms with Gasteiger partial charge in [-0.3, -0.25) is 0 Å². The Hall–Kier alpha value is -0.290. The summed E-state index contributed by atoms with van der Waals surface area (Å²) >= 11 is 9.43. The van der Waals surface area contributed by atoms with Gasteiger partial charge in [-0.2, -0.15) is 0 Å². The number of benzene rings is 1. The van der Waals surface area contributed by atoms with E-state index in [4.69, 9.17) is 21.1 Å². The Morgan fingerprint density at radius 2 is 1.94 bits per heavy atom. The molecule has 5 heteroatoms. The molecular weight excluding hydrogens is 305 g/mol. The van der Waals surface area contributed by atoms with Crippen molar-refractivity contribution in [3.63, 3.8) is 0 Å². The summed E-state index contributed by atoms with van der Waals surface area (Å²) in [6.07, 6.45) is -0.240. The van der Waals surface area contributed by atoms with Crippen LogP contribution >= 0.6 is 27.5 Å². The van der Waals surface area contributed by atoms with Gasteiger partial charge in [0.15, 0.2) is 6.29 Å². The first-order chi connectivity index (χ1) is 8.19. The van der Waals surface area contributed by atoms with Crippen LogP contribution in [0.5, 0.6) is 0 Å². The molecular formula is C12H17BrClNO2. The molecule has 1 aromatic rings. The summed E-state index contributed by atoms with van der Waals surface area (Å²) in [7, 11) is 0. The van der Waals surface area contributed by atoms with Crippen molar-refractivity contribution in [2.45, 2.75) is 20.1 Å². The number of anilines is 1. The van der Waals surface area contributed by atoms with Crippen LogP contribution in [-0.4, -0.2) is 26.0 Å². The summed E-state index contributed by atoms with van der Waals surface area (Å²) in [6.45, 7) is 5.73. The van der Waals surface area contributed by atoms with E-state index in [1.807, 2.05) is 32.0 Å². The molecule has 0 heterocycles. The van der Waals surface area contributed by atoms with Crippen LogP contribution in [-0.2, 0) is 9.47 Å². The van der Waals surface area contributed by atoms with Crippen molar-refractivity contribution >= 4 is 33.2 Å². The molecule has 0 aliphatic heterocycles. The Labute approximate surface area is 116 Å². The molecule has 0 aliphatic rings. The Kier molecular flexibility index (Phi) is 6.89. The van der Waals surface area contributed by atoms with Gasteiger partial charge in [0.05, 0.1) is 21.7 Å². The highest BCUT2D eigenvalue weighted by Gasteiger charge is 2.09. The molecule has 0 saturated heterocycles. The van der Waals surface area contributed by atoms with E-state index in [0.717, 1.165) is 10.2 Å². The summed E-state index contributed by atoms with van der Waals surface area (Å²) in [5.74, 6) is 0. The highest BCUT2D eigenvalue weighted by atomic mass is 79.9. The molecule has 0 radical (unpaired) electrons. The lowest BCUT2D eigenvalue weighted by atomic mass is 10.3. The average molecular weight is 323 g/mol. The van der Waals surface area contributed by atoms with Crippen LogP contribution in [0, 0.1) is 0 Å². The van der Waals surface area contributed by atoms with Gasteiger partial charge < -0.3 is 14.8 Å². The SMILES string of the molecule is CCOC(CNc1cccc(Cl)c1Br)OCC. The minimum Gasteiger partial charge on any atom is -0.379 e. The van der Waals surface area contributed by atoms with Gasteiger partial charge >= 0.3 is 0 Å². The lowest BCUT2D eigenvalue weighted by Crippen LogP contribution is -2.26. The number of halogens is 2. The number of hydrogen-bond acceptors (Lipinski definition) is 3. The third-order valence-electron chi connectivity index (χ3n) is 2.12. The second kappa shape index (κ2) is 7.93. The van der Waals surface area contributed by atoms with Gasteiger partial charge in [-0.1, -0.05) is 17.7 Å². The van der Waals surface area contributed by atoms with Gasteiger partial charge in [0.1, 0.15) is 0 Å². The van der Waals surface area contributed by atoms with Gasteiger partial charge in [-0.25, -0.2) is 0 Å². The first-order valence-electron chi connectivity index (χ1n) is 5.60. The van der Waals surface area contributed by atoms with Crippen LogP contribution < -0.4 is 5.32 Å². The topological polar surface area (TPSA) is 30.5 Å². The zero-order valence-corrected chi connectivity index (χ0v) is 12.3. The van der Waals surface area contributed by atoms with Crippen molar-refractivity contribution in [1.82, 2.24) is 0 Å². The van der Waals surface area contributed by atoms with Crippen LogP contribution in [0.3, 0.4) is 0 Å². The number of nitrogens with one attached hydrogen (secondary N) is 1. The van der Waals surface area contributed by atoms with Crippen molar-refractivity contribution in [2.75, 3.05) is 25.1 Å². The van der Waals surface area contributed by atoms with E-state index in [9.17, 15) is 0 Å². The first-order valence-corrected chi connectivity index (χ1v) is 6.77. The van der Waals surface area contributed by atoms with E-state index in [1.165, 1.54) is 0 Å². The Balaban J connectivity index is 2.55. The summed E-state index contributed by atoms with van der Waals surface area (Å²) < 4.78 is 11.7. The van der Waals surface area contributed by atoms with Gasteiger partial charge in [0, 0.05) is 13.2 Å². The molecule has 0 unspecified atom stereocenters. The fourth-order valence-corrected chi connectivity index (χ4v) is 1.95. The molecule has 1 N–H and O–H groups in total. The number of hydrogen-bond donors (Lipinski definition) is 1. The molecule has 0 spiro atoms. The molecule has 0 aromatic heterocycles. The third kappa shape index (κ3) is 4.84. The average Bonchev–Trinajstić information content (AvgIpc) is 2.31. The Bertz CT molecular complexity index is 343. The standard InChI is InChI=1S/C12H17BrClNO2/c1-3-16-11(17-4-2)8-15-10-7-5-6-9(14)12(10)13/h5-7,11,15H,3-4,8H2,1-2H3. The van der Waals surface area contributed by atoms with E-state index >= 15 is 0 Å². The largest absolute Gasteiger partial charge is 0.379 e. The van der Waals surface area contributed by atoms with E-state index in [0.29, 0.717) is 24.8 Å². The van der Waals surface area contributed by atoms with E-state index in [1.54, 1.807) is 0 Å². The van der Waals surface area contributed by atoms with E-state index < -0.39 is 0 Å². The summed E-state index contributed by atoms with van der Waals surface area (Å²) in [5.41, 5.74) is 0.932. The summed E-state index contributed by atoms with van der Waals surface area (Å²) in [6, 6.07) is 5.68. The maximum Gasteiger partial charge on any atom is 0.174 e.